The first-order valence-electron chi connectivity index (χ1n) is 7.15. The minimum Gasteiger partial charge on any atom is -0.301 e. The van der Waals surface area contributed by atoms with Gasteiger partial charge in [-0.05, 0) is 53.2 Å². The molecule has 0 fully saturated rings. The molecule has 1 aromatic heterocycles. The average Bonchev–Trinajstić information content (AvgIpc) is 2.95. The molecule has 0 bridgehead atoms. The number of rotatable bonds is 1. The number of fused-ring (bicyclic) bond motifs is 2. The van der Waals surface area contributed by atoms with Crippen LogP contribution in [0, 0.1) is 5.82 Å². The molecule has 1 aliphatic rings. The third-order valence-corrected chi connectivity index (χ3v) is 5.23. The lowest BCUT2D eigenvalue weighted by molar-refractivity contribution is 0.288. The second-order valence-corrected chi connectivity index (χ2v) is 6.72. The van der Waals surface area contributed by atoms with E-state index >= 15 is 0 Å². The van der Waals surface area contributed by atoms with Crippen LogP contribution in [0.3, 0.4) is 0 Å². The fraction of sp³-hybridized carbons (Fsp3) is 0.222. The Morgan fingerprint density at radius 1 is 1.19 bits per heavy atom. The Kier molecular flexibility index (Phi) is 3.05. The smallest absolute Gasteiger partial charge is 0.127 e. The van der Waals surface area contributed by atoms with Gasteiger partial charge in [0, 0.05) is 29.3 Å². The fourth-order valence-corrected chi connectivity index (χ4v) is 4.07. The van der Waals surface area contributed by atoms with Gasteiger partial charge in [0.15, 0.2) is 0 Å². The van der Waals surface area contributed by atoms with Crippen LogP contribution in [0.2, 0.25) is 0 Å². The van der Waals surface area contributed by atoms with Crippen LogP contribution in [0.15, 0.2) is 47.8 Å². The highest BCUT2D eigenvalue weighted by molar-refractivity contribution is 7.17. The molecule has 2 heterocycles. The Morgan fingerprint density at radius 3 is 3.00 bits per heavy atom. The van der Waals surface area contributed by atoms with Crippen LogP contribution in [-0.4, -0.2) is 18.5 Å². The Bertz CT molecular complexity index is 808. The molecule has 0 saturated heterocycles. The second-order valence-electron chi connectivity index (χ2n) is 5.77. The summed E-state index contributed by atoms with van der Waals surface area (Å²) < 4.78 is 15.4. The fourth-order valence-electron chi connectivity index (χ4n) is 3.30. The van der Waals surface area contributed by atoms with E-state index in [0.29, 0.717) is 6.54 Å². The van der Waals surface area contributed by atoms with Crippen LogP contribution in [0.25, 0.3) is 10.1 Å². The summed E-state index contributed by atoms with van der Waals surface area (Å²) in [5.74, 6) is 0.166. The summed E-state index contributed by atoms with van der Waals surface area (Å²) in [4.78, 5) is 2.20. The van der Waals surface area contributed by atoms with Gasteiger partial charge in [0.1, 0.15) is 5.82 Å². The zero-order valence-electron chi connectivity index (χ0n) is 11.8. The van der Waals surface area contributed by atoms with E-state index in [-0.39, 0.29) is 11.7 Å². The van der Waals surface area contributed by atoms with Crippen LogP contribution in [-0.2, 0) is 6.54 Å². The summed E-state index contributed by atoms with van der Waals surface area (Å²) in [6, 6.07) is 14.3. The van der Waals surface area contributed by atoms with Crippen LogP contribution < -0.4 is 0 Å². The molecule has 2 aromatic carbocycles. The lowest BCUT2D eigenvalue weighted by atomic mass is 9.84. The molecule has 1 atom stereocenters. The van der Waals surface area contributed by atoms with E-state index < -0.39 is 0 Å². The van der Waals surface area contributed by atoms with Crippen molar-refractivity contribution >= 4 is 21.4 Å². The first kappa shape index (κ1) is 13.0. The van der Waals surface area contributed by atoms with Gasteiger partial charge in [-0.1, -0.05) is 18.2 Å². The van der Waals surface area contributed by atoms with Crippen LogP contribution >= 0.6 is 11.3 Å². The largest absolute Gasteiger partial charge is 0.301 e. The molecule has 0 N–H and O–H groups in total. The van der Waals surface area contributed by atoms with Gasteiger partial charge in [-0.25, -0.2) is 4.39 Å². The first-order valence-corrected chi connectivity index (χ1v) is 8.03. The number of hydrogen-bond acceptors (Lipinski definition) is 2. The molecule has 0 amide bonds. The molecule has 0 saturated carbocycles. The molecular formula is C18H16FNS. The van der Waals surface area contributed by atoms with E-state index in [9.17, 15) is 4.39 Å². The van der Waals surface area contributed by atoms with Gasteiger partial charge < -0.3 is 4.90 Å². The van der Waals surface area contributed by atoms with Gasteiger partial charge in [-0.2, -0.15) is 0 Å². The molecule has 0 aliphatic carbocycles. The average molecular weight is 297 g/mol. The zero-order valence-corrected chi connectivity index (χ0v) is 12.7. The molecule has 21 heavy (non-hydrogen) atoms. The molecule has 106 valence electrons. The highest BCUT2D eigenvalue weighted by atomic mass is 32.1. The minimum atomic E-state index is -0.0827. The van der Waals surface area contributed by atoms with Crippen molar-refractivity contribution in [1.82, 2.24) is 4.90 Å². The highest BCUT2D eigenvalue weighted by Crippen LogP contribution is 2.35. The van der Waals surface area contributed by atoms with Crippen LogP contribution in [0.5, 0.6) is 0 Å². The highest BCUT2D eigenvalue weighted by Gasteiger charge is 2.26. The summed E-state index contributed by atoms with van der Waals surface area (Å²) in [5.41, 5.74) is 3.27. The minimum absolute atomic E-state index is 0.0827. The van der Waals surface area contributed by atoms with Gasteiger partial charge in [0.05, 0.1) is 0 Å². The SMILES string of the molecule is CN1Cc2c(F)cccc2C(c2ccc3sccc3c2)C1. The molecular weight excluding hydrogens is 281 g/mol. The van der Waals surface area contributed by atoms with E-state index in [0.717, 1.165) is 17.7 Å². The third kappa shape index (κ3) is 2.17. The topological polar surface area (TPSA) is 3.24 Å². The quantitative estimate of drug-likeness (QED) is 0.633. The van der Waals surface area contributed by atoms with E-state index in [4.69, 9.17) is 0 Å². The molecule has 3 aromatic rings. The first-order chi connectivity index (χ1) is 10.2. The lowest BCUT2D eigenvalue weighted by Gasteiger charge is -2.32. The molecule has 0 radical (unpaired) electrons. The number of likely N-dealkylation sites (N-methyl/N-ethyl adjacent to an activating group) is 1. The third-order valence-electron chi connectivity index (χ3n) is 4.33. The van der Waals surface area contributed by atoms with Gasteiger partial charge in [0.2, 0.25) is 0 Å². The number of thiophene rings is 1. The van der Waals surface area contributed by atoms with Gasteiger partial charge in [0.25, 0.3) is 0 Å². The zero-order chi connectivity index (χ0) is 14.4. The van der Waals surface area contributed by atoms with Crippen molar-refractivity contribution in [2.75, 3.05) is 13.6 Å². The van der Waals surface area contributed by atoms with Crippen molar-refractivity contribution in [3.63, 3.8) is 0 Å². The summed E-state index contributed by atoms with van der Waals surface area (Å²) >= 11 is 1.76. The summed E-state index contributed by atoms with van der Waals surface area (Å²) in [6.45, 7) is 1.63. The van der Waals surface area contributed by atoms with E-state index in [1.54, 1.807) is 17.4 Å². The number of hydrogen-bond donors (Lipinski definition) is 0. The standard InChI is InChI=1S/C18H16FNS/c1-20-10-15(14-3-2-4-17(19)16(14)11-20)12-5-6-18-13(9-12)7-8-21-18/h2-9,15H,10-11H2,1H3. The predicted octanol–water partition coefficient (Wildman–Crippen LogP) is 4.62. The Balaban J connectivity index is 1.86. The van der Waals surface area contributed by atoms with Gasteiger partial charge in [-0.15, -0.1) is 11.3 Å². The molecule has 0 spiro atoms. The monoisotopic (exact) mass is 297 g/mol. The molecule has 4 rings (SSSR count). The van der Waals surface area contributed by atoms with Crippen molar-refractivity contribution in [3.05, 3.63) is 70.4 Å². The van der Waals surface area contributed by atoms with Crippen molar-refractivity contribution in [2.24, 2.45) is 0 Å². The predicted molar refractivity (Wildman–Crippen MR) is 86.4 cm³/mol. The molecule has 1 nitrogen and oxygen atoms in total. The van der Waals surface area contributed by atoms with Crippen molar-refractivity contribution in [3.8, 4) is 0 Å². The van der Waals surface area contributed by atoms with Crippen LogP contribution in [0.1, 0.15) is 22.6 Å². The molecule has 1 aliphatic heterocycles. The second kappa shape index (κ2) is 4.93. The molecule has 3 heteroatoms. The van der Waals surface area contributed by atoms with Crippen molar-refractivity contribution in [1.29, 1.82) is 0 Å². The van der Waals surface area contributed by atoms with Crippen molar-refractivity contribution < 1.29 is 4.39 Å². The van der Waals surface area contributed by atoms with Crippen molar-refractivity contribution in [2.45, 2.75) is 12.5 Å². The normalized spacial score (nSPS) is 18.9. The number of nitrogens with zero attached hydrogens (tertiary/aromatic N) is 1. The number of halogens is 1. The Labute approximate surface area is 127 Å². The Morgan fingerprint density at radius 2 is 2.10 bits per heavy atom. The summed E-state index contributed by atoms with van der Waals surface area (Å²) in [5, 5.41) is 3.40. The van der Waals surface area contributed by atoms with E-state index in [1.165, 1.54) is 15.6 Å². The van der Waals surface area contributed by atoms with Gasteiger partial charge in [-0.3, -0.25) is 0 Å². The molecule has 1 unspecified atom stereocenters. The summed E-state index contributed by atoms with van der Waals surface area (Å²) in [7, 11) is 2.06. The summed E-state index contributed by atoms with van der Waals surface area (Å²) in [6.07, 6.45) is 0. The van der Waals surface area contributed by atoms with E-state index in [1.807, 2.05) is 6.07 Å². The Hall–Kier alpha value is -1.71. The maximum Gasteiger partial charge on any atom is 0.127 e. The van der Waals surface area contributed by atoms with Gasteiger partial charge >= 0.3 is 0 Å². The van der Waals surface area contributed by atoms with Crippen LogP contribution in [0.4, 0.5) is 4.39 Å². The number of benzene rings is 2. The lowest BCUT2D eigenvalue weighted by Crippen LogP contribution is -2.31. The maximum atomic E-state index is 14.1. The van der Waals surface area contributed by atoms with E-state index in [2.05, 4.69) is 47.7 Å². The maximum absolute atomic E-state index is 14.1.